The standard InChI is InChI=1S/C33H54N2O4/c1-20(35(5)6)29-27(38)18-32(3)25-14-13-24-22(16-23(25)26(37)17-33(29,32)4)12-15-28(31(24,2)19-36)34-30(39)21-10-8-7-9-11-21/h12,20-21,23-25,27-29,36,38H,7-11,13-19H2,1-6H3,(H,34,39)/t20-,23+,24+,25+,27+,28-,29-,31-,32-,33+/m0/s1. The quantitative estimate of drug-likeness (QED) is 0.437. The normalized spacial score (nSPS) is 45.6. The van der Waals surface area contributed by atoms with Crippen LogP contribution in [0.1, 0.15) is 98.3 Å². The van der Waals surface area contributed by atoms with Gasteiger partial charge in [0.05, 0.1) is 12.7 Å². The molecule has 39 heavy (non-hydrogen) atoms. The predicted molar refractivity (Wildman–Crippen MR) is 154 cm³/mol. The van der Waals surface area contributed by atoms with E-state index >= 15 is 0 Å². The number of allylic oxidation sites excluding steroid dienone is 1. The van der Waals surface area contributed by atoms with Gasteiger partial charge in [-0.1, -0.05) is 51.7 Å². The van der Waals surface area contributed by atoms with E-state index < -0.39 is 11.5 Å². The van der Waals surface area contributed by atoms with Crippen molar-refractivity contribution in [3.8, 4) is 0 Å². The van der Waals surface area contributed by atoms with E-state index in [0.29, 0.717) is 12.2 Å². The number of ketones is 1. The smallest absolute Gasteiger partial charge is 0.223 e. The van der Waals surface area contributed by atoms with Gasteiger partial charge < -0.3 is 20.4 Å². The average Bonchev–Trinajstić information content (AvgIpc) is 3.02. The minimum Gasteiger partial charge on any atom is -0.396 e. The first-order chi connectivity index (χ1) is 18.4. The second-order valence-corrected chi connectivity index (χ2v) is 15.1. The van der Waals surface area contributed by atoms with E-state index in [1.165, 1.54) is 12.0 Å². The zero-order chi connectivity index (χ0) is 28.3. The van der Waals surface area contributed by atoms with Crippen LogP contribution in [-0.2, 0) is 9.59 Å². The van der Waals surface area contributed by atoms with Gasteiger partial charge in [-0.15, -0.1) is 0 Å². The van der Waals surface area contributed by atoms with Crippen LogP contribution in [-0.4, -0.2) is 65.7 Å². The molecule has 220 valence electrons. The Morgan fingerprint density at radius 3 is 2.44 bits per heavy atom. The van der Waals surface area contributed by atoms with Crippen molar-refractivity contribution in [3.63, 3.8) is 0 Å². The largest absolute Gasteiger partial charge is 0.396 e. The third kappa shape index (κ3) is 4.55. The highest BCUT2D eigenvalue weighted by Gasteiger charge is 2.67. The molecule has 6 heteroatoms. The van der Waals surface area contributed by atoms with Crippen molar-refractivity contribution < 1.29 is 19.8 Å². The molecule has 0 bridgehead atoms. The number of aliphatic hydroxyl groups is 2. The van der Waals surface area contributed by atoms with E-state index in [4.69, 9.17) is 0 Å². The molecule has 5 rings (SSSR count). The van der Waals surface area contributed by atoms with Crippen LogP contribution >= 0.6 is 0 Å². The molecule has 0 aromatic rings. The molecule has 1 amide bonds. The molecule has 0 unspecified atom stereocenters. The Kier molecular flexibility index (Phi) is 7.91. The number of aliphatic hydroxyl groups excluding tert-OH is 2. The lowest BCUT2D eigenvalue weighted by molar-refractivity contribution is -0.147. The summed E-state index contributed by atoms with van der Waals surface area (Å²) in [4.78, 5) is 29.4. The molecule has 4 saturated carbocycles. The number of hydrogen-bond donors (Lipinski definition) is 3. The van der Waals surface area contributed by atoms with Crippen LogP contribution in [0.25, 0.3) is 0 Å². The van der Waals surface area contributed by atoms with Crippen LogP contribution < -0.4 is 5.32 Å². The molecule has 0 aromatic heterocycles. The van der Waals surface area contributed by atoms with Gasteiger partial charge in [-0.2, -0.15) is 0 Å². The first-order valence-electron chi connectivity index (χ1n) is 15.8. The zero-order valence-electron chi connectivity index (χ0n) is 25.3. The highest BCUT2D eigenvalue weighted by Crippen LogP contribution is 2.69. The van der Waals surface area contributed by atoms with Gasteiger partial charge in [0.2, 0.25) is 5.91 Å². The van der Waals surface area contributed by atoms with Crippen molar-refractivity contribution in [2.75, 3.05) is 20.7 Å². The lowest BCUT2D eigenvalue weighted by Crippen LogP contribution is -2.55. The fourth-order valence-electron chi connectivity index (χ4n) is 10.4. The maximum Gasteiger partial charge on any atom is 0.223 e. The van der Waals surface area contributed by atoms with Gasteiger partial charge >= 0.3 is 0 Å². The molecule has 4 fully saturated rings. The highest BCUT2D eigenvalue weighted by molar-refractivity contribution is 5.84. The van der Waals surface area contributed by atoms with E-state index in [1.807, 2.05) is 0 Å². The van der Waals surface area contributed by atoms with Crippen molar-refractivity contribution in [2.45, 2.75) is 117 Å². The van der Waals surface area contributed by atoms with Crippen molar-refractivity contribution >= 4 is 11.7 Å². The fraction of sp³-hybridized carbons (Fsp3) is 0.879. The SMILES string of the molecule is C[C@@H]([C@H]1[C@H](O)C[C@@]2(C)[C@@H]3CC[C@@H]4C(=CC[C@H](NC(=O)C5CCCCC5)[C@@]4(C)CO)C[C@H]3C(=O)C[C@]12C)N(C)C. The Hall–Kier alpha value is -1.24. The summed E-state index contributed by atoms with van der Waals surface area (Å²) in [5.41, 5.74) is 0.527. The molecule has 3 N–H and O–H groups in total. The highest BCUT2D eigenvalue weighted by atomic mass is 16.3. The van der Waals surface area contributed by atoms with E-state index in [1.54, 1.807) is 0 Å². The van der Waals surface area contributed by atoms with E-state index in [2.05, 4.69) is 58.1 Å². The number of hydrogen-bond acceptors (Lipinski definition) is 5. The van der Waals surface area contributed by atoms with E-state index in [-0.39, 0.29) is 65.0 Å². The Bertz CT molecular complexity index is 988. The monoisotopic (exact) mass is 542 g/mol. The van der Waals surface area contributed by atoms with Crippen LogP contribution in [0.15, 0.2) is 11.6 Å². The van der Waals surface area contributed by atoms with Crippen LogP contribution in [0.5, 0.6) is 0 Å². The molecule has 5 aliphatic rings. The van der Waals surface area contributed by atoms with E-state index in [9.17, 15) is 19.8 Å². The van der Waals surface area contributed by atoms with Gasteiger partial charge in [0.25, 0.3) is 0 Å². The van der Waals surface area contributed by atoms with Gasteiger partial charge in [-0.05, 0) is 88.6 Å². The van der Waals surface area contributed by atoms with Crippen molar-refractivity contribution in [3.05, 3.63) is 11.6 Å². The summed E-state index contributed by atoms with van der Waals surface area (Å²) in [5.74, 6) is 1.06. The molecule has 6 nitrogen and oxygen atoms in total. The maximum absolute atomic E-state index is 14.0. The third-order valence-electron chi connectivity index (χ3n) is 13.2. The summed E-state index contributed by atoms with van der Waals surface area (Å²) in [7, 11) is 4.15. The Morgan fingerprint density at radius 1 is 1.10 bits per heavy atom. The molecular formula is C33H54N2O4. The van der Waals surface area contributed by atoms with Crippen molar-refractivity contribution in [2.24, 2.45) is 45.8 Å². The predicted octanol–water partition coefficient (Wildman–Crippen LogP) is 4.73. The molecular weight excluding hydrogens is 488 g/mol. The Morgan fingerprint density at radius 2 is 1.79 bits per heavy atom. The number of nitrogens with one attached hydrogen (secondary N) is 1. The summed E-state index contributed by atoms with van der Waals surface area (Å²) >= 11 is 0. The molecule has 5 aliphatic carbocycles. The van der Waals surface area contributed by atoms with Crippen LogP contribution in [0.3, 0.4) is 0 Å². The topological polar surface area (TPSA) is 89.9 Å². The molecule has 0 aliphatic heterocycles. The molecule has 0 spiro atoms. The van der Waals surface area contributed by atoms with Gasteiger partial charge in [-0.25, -0.2) is 0 Å². The van der Waals surface area contributed by atoms with Crippen LogP contribution in [0.4, 0.5) is 0 Å². The average molecular weight is 543 g/mol. The lowest BCUT2D eigenvalue weighted by atomic mass is 9.48. The first kappa shape index (κ1) is 29.3. The molecule has 0 radical (unpaired) electrons. The zero-order valence-corrected chi connectivity index (χ0v) is 25.3. The van der Waals surface area contributed by atoms with Crippen LogP contribution in [0.2, 0.25) is 0 Å². The molecule has 10 atom stereocenters. The number of amides is 1. The van der Waals surface area contributed by atoms with Gasteiger partial charge in [0.1, 0.15) is 5.78 Å². The lowest BCUT2D eigenvalue weighted by Gasteiger charge is -2.56. The summed E-state index contributed by atoms with van der Waals surface area (Å²) < 4.78 is 0. The van der Waals surface area contributed by atoms with E-state index in [0.717, 1.165) is 57.8 Å². The fourth-order valence-corrected chi connectivity index (χ4v) is 10.4. The number of Topliss-reactive ketones (excluding diaryl/α,β-unsaturated/α-hetero) is 1. The Labute approximate surface area is 236 Å². The Balaban J connectivity index is 1.41. The van der Waals surface area contributed by atoms with Gasteiger partial charge in [-0.3, -0.25) is 9.59 Å². The van der Waals surface area contributed by atoms with Crippen molar-refractivity contribution in [1.29, 1.82) is 0 Å². The minimum absolute atomic E-state index is 0.0174. The molecule has 0 aromatic carbocycles. The first-order valence-corrected chi connectivity index (χ1v) is 15.8. The van der Waals surface area contributed by atoms with Crippen molar-refractivity contribution in [1.82, 2.24) is 10.2 Å². The second kappa shape index (κ2) is 10.5. The molecule has 0 saturated heterocycles. The van der Waals surface area contributed by atoms with Gasteiger partial charge in [0, 0.05) is 41.7 Å². The summed E-state index contributed by atoms with van der Waals surface area (Å²) in [6.45, 7) is 9.04. The number of fused-ring (bicyclic) bond motifs is 4. The summed E-state index contributed by atoms with van der Waals surface area (Å²) in [5, 5.41) is 25.7. The third-order valence-corrected chi connectivity index (χ3v) is 13.2. The number of rotatable bonds is 5. The number of carbonyl (C=O) groups excluding carboxylic acids is 2. The van der Waals surface area contributed by atoms with Gasteiger partial charge in [0.15, 0.2) is 0 Å². The minimum atomic E-state index is -0.438. The second-order valence-electron chi connectivity index (χ2n) is 15.1. The summed E-state index contributed by atoms with van der Waals surface area (Å²) in [6.07, 6.45) is 12.0. The number of nitrogens with zero attached hydrogens (tertiary/aromatic N) is 1. The maximum atomic E-state index is 14.0. The summed E-state index contributed by atoms with van der Waals surface area (Å²) in [6, 6.07) is 0.111. The number of carbonyl (C=O) groups is 2. The molecule has 0 heterocycles. The van der Waals surface area contributed by atoms with Crippen LogP contribution in [0, 0.1) is 45.8 Å².